The summed E-state index contributed by atoms with van der Waals surface area (Å²) in [6, 6.07) is 12.5. The highest BCUT2D eigenvalue weighted by Crippen LogP contribution is 2.22. The Bertz CT molecular complexity index is 598. The van der Waals surface area contributed by atoms with E-state index in [1.807, 2.05) is 31.1 Å². The number of hydrogen-bond acceptors (Lipinski definition) is 2. The van der Waals surface area contributed by atoms with E-state index in [4.69, 9.17) is 17.0 Å². The van der Waals surface area contributed by atoms with E-state index in [1.165, 1.54) is 16.3 Å². The number of ether oxygens (including phenoxy) is 1. The van der Waals surface area contributed by atoms with Gasteiger partial charge in [0, 0.05) is 20.6 Å². The van der Waals surface area contributed by atoms with Gasteiger partial charge in [0.2, 0.25) is 0 Å². The molecule has 0 fully saturated rings. The molecule has 0 aliphatic rings. The fraction of sp³-hybridized carbons (Fsp3) is 0.267. The number of nitrogens with one attached hydrogen (secondary N) is 1. The van der Waals surface area contributed by atoms with Crippen LogP contribution in [0.1, 0.15) is 5.56 Å². The summed E-state index contributed by atoms with van der Waals surface area (Å²) < 4.78 is 5.23. The van der Waals surface area contributed by atoms with Gasteiger partial charge in [0.15, 0.2) is 5.11 Å². The highest BCUT2D eigenvalue weighted by atomic mass is 32.1. The highest BCUT2D eigenvalue weighted by molar-refractivity contribution is 7.80. The summed E-state index contributed by atoms with van der Waals surface area (Å²) in [5.74, 6) is 0.883. The van der Waals surface area contributed by atoms with Crippen molar-refractivity contribution in [2.24, 2.45) is 0 Å². The minimum Gasteiger partial charge on any atom is -0.497 e. The molecule has 0 saturated carbocycles. The summed E-state index contributed by atoms with van der Waals surface area (Å²) in [6.07, 6.45) is 0. The van der Waals surface area contributed by atoms with Crippen molar-refractivity contribution in [1.82, 2.24) is 10.2 Å². The second-order valence-electron chi connectivity index (χ2n) is 4.46. The summed E-state index contributed by atoms with van der Waals surface area (Å²) in [6.45, 7) is 0.793. The molecule has 0 heterocycles. The van der Waals surface area contributed by atoms with Crippen LogP contribution in [0, 0.1) is 0 Å². The molecule has 2 aromatic rings. The standard InChI is InChI=1S/C15H18N2OS/c1-16-15(19)17(2)10-11-4-5-13-9-14(18-3)7-6-12(13)8-11/h4-9H,10H2,1-3H3,(H,16,19). The first-order valence-corrected chi connectivity index (χ1v) is 6.54. The van der Waals surface area contributed by atoms with Crippen molar-refractivity contribution in [3.63, 3.8) is 0 Å². The smallest absolute Gasteiger partial charge is 0.168 e. The van der Waals surface area contributed by atoms with Crippen LogP contribution in [0.2, 0.25) is 0 Å². The van der Waals surface area contributed by atoms with Crippen molar-refractivity contribution in [1.29, 1.82) is 0 Å². The van der Waals surface area contributed by atoms with Gasteiger partial charge in [-0.05, 0) is 46.8 Å². The molecule has 19 heavy (non-hydrogen) atoms. The third kappa shape index (κ3) is 3.15. The van der Waals surface area contributed by atoms with E-state index < -0.39 is 0 Å². The van der Waals surface area contributed by atoms with Gasteiger partial charge in [-0.25, -0.2) is 0 Å². The van der Waals surface area contributed by atoms with Crippen molar-refractivity contribution in [2.45, 2.75) is 6.54 Å². The number of benzene rings is 2. The SMILES string of the molecule is CNC(=S)N(C)Cc1ccc2cc(OC)ccc2c1. The molecule has 0 atom stereocenters. The largest absolute Gasteiger partial charge is 0.497 e. The Balaban J connectivity index is 2.24. The maximum absolute atomic E-state index is 5.23. The van der Waals surface area contributed by atoms with Gasteiger partial charge < -0.3 is 15.0 Å². The molecule has 3 nitrogen and oxygen atoms in total. The van der Waals surface area contributed by atoms with Crippen LogP contribution in [0.15, 0.2) is 36.4 Å². The molecule has 2 aromatic carbocycles. The quantitative estimate of drug-likeness (QED) is 0.870. The molecule has 0 aromatic heterocycles. The molecule has 0 aliphatic heterocycles. The second-order valence-corrected chi connectivity index (χ2v) is 4.85. The summed E-state index contributed by atoms with van der Waals surface area (Å²) >= 11 is 5.20. The lowest BCUT2D eigenvalue weighted by Crippen LogP contribution is -2.33. The predicted molar refractivity (Wildman–Crippen MR) is 83.6 cm³/mol. The molecular formula is C15H18N2OS. The lowest BCUT2D eigenvalue weighted by atomic mass is 10.1. The minimum atomic E-state index is 0.745. The van der Waals surface area contributed by atoms with Crippen LogP contribution in [-0.4, -0.2) is 31.2 Å². The molecule has 1 N–H and O–H groups in total. The van der Waals surface area contributed by atoms with E-state index in [-0.39, 0.29) is 0 Å². The van der Waals surface area contributed by atoms with Gasteiger partial charge in [-0.3, -0.25) is 0 Å². The molecule has 0 bridgehead atoms. The summed E-state index contributed by atoms with van der Waals surface area (Å²) in [5, 5.41) is 6.12. The lowest BCUT2D eigenvalue weighted by Gasteiger charge is -2.19. The zero-order valence-electron chi connectivity index (χ0n) is 11.4. The number of methoxy groups -OCH3 is 1. The number of fused-ring (bicyclic) bond motifs is 1. The third-order valence-electron chi connectivity index (χ3n) is 3.09. The Morgan fingerprint density at radius 1 is 1.21 bits per heavy atom. The van der Waals surface area contributed by atoms with Crippen LogP contribution in [0.25, 0.3) is 10.8 Å². The van der Waals surface area contributed by atoms with Gasteiger partial charge in [0.25, 0.3) is 0 Å². The molecule has 2 rings (SSSR count). The number of nitrogens with zero attached hydrogens (tertiary/aromatic N) is 1. The topological polar surface area (TPSA) is 24.5 Å². The third-order valence-corrected chi connectivity index (χ3v) is 3.61. The molecule has 4 heteroatoms. The van der Waals surface area contributed by atoms with E-state index in [2.05, 4.69) is 29.6 Å². The molecule has 0 amide bonds. The molecule has 0 unspecified atom stereocenters. The Kier molecular flexibility index (Phi) is 4.22. The highest BCUT2D eigenvalue weighted by Gasteiger charge is 2.04. The van der Waals surface area contributed by atoms with Crippen molar-refractivity contribution in [3.05, 3.63) is 42.0 Å². The number of hydrogen-bond donors (Lipinski definition) is 1. The summed E-state index contributed by atoms with van der Waals surface area (Å²) in [4.78, 5) is 2.01. The Labute approximate surface area is 119 Å². The maximum Gasteiger partial charge on any atom is 0.168 e. The van der Waals surface area contributed by atoms with Crippen molar-refractivity contribution in [3.8, 4) is 5.75 Å². The van der Waals surface area contributed by atoms with Gasteiger partial charge in [-0.1, -0.05) is 18.2 Å². The van der Waals surface area contributed by atoms with E-state index >= 15 is 0 Å². The second kappa shape index (κ2) is 5.89. The van der Waals surface area contributed by atoms with Gasteiger partial charge in [-0.15, -0.1) is 0 Å². The zero-order valence-corrected chi connectivity index (χ0v) is 12.3. The first kappa shape index (κ1) is 13.6. The minimum absolute atomic E-state index is 0.745. The predicted octanol–water partition coefficient (Wildman–Crippen LogP) is 2.78. The zero-order chi connectivity index (χ0) is 13.8. The Morgan fingerprint density at radius 3 is 2.58 bits per heavy atom. The number of rotatable bonds is 3. The Hall–Kier alpha value is -1.81. The monoisotopic (exact) mass is 274 g/mol. The van der Waals surface area contributed by atoms with Crippen molar-refractivity contribution >= 4 is 28.1 Å². The van der Waals surface area contributed by atoms with Crippen LogP contribution in [0.5, 0.6) is 5.75 Å². The lowest BCUT2D eigenvalue weighted by molar-refractivity contribution is 0.415. The number of thiocarbonyl (C=S) groups is 1. The van der Waals surface area contributed by atoms with E-state index in [0.29, 0.717) is 0 Å². The fourth-order valence-electron chi connectivity index (χ4n) is 2.04. The van der Waals surface area contributed by atoms with E-state index in [9.17, 15) is 0 Å². The van der Waals surface area contributed by atoms with Crippen molar-refractivity contribution in [2.75, 3.05) is 21.2 Å². The van der Waals surface area contributed by atoms with E-state index in [0.717, 1.165) is 17.4 Å². The first-order chi connectivity index (χ1) is 9.13. The average Bonchev–Trinajstić information content (AvgIpc) is 2.45. The van der Waals surface area contributed by atoms with E-state index in [1.54, 1.807) is 7.11 Å². The van der Waals surface area contributed by atoms with Crippen LogP contribution < -0.4 is 10.1 Å². The molecular weight excluding hydrogens is 256 g/mol. The Morgan fingerprint density at radius 2 is 1.89 bits per heavy atom. The molecule has 0 radical (unpaired) electrons. The first-order valence-electron chi connectivity index (χ1n) is 6.13. The van der Waals surface area contributed by atoms with Crippen molar-refractivity contribution < 1.29 is 4.74 Å². The van der Waals surface area contributed by atoms with Crippen LogP contribution in [0.3, 0.4) is 0 Å². The van der Waals surface area contributed by atoms with Crippen LogP contribution in [-0.2, 0) is 6.54 Å². The average molecular weight is 274 g/mol. The van der Waals surface area contributed by atoms with Crippen LogP contribution >= 0.6 is 12.2 Å². The molecule has 0 saturated heterocycles. The molecule has 0 aliphatic carbocycles. The van der Waals surface area contributed by atoms with Gasteiger partial charge in [0.1, 0.15) is 5.75 Å². The van der Waals surface area contributed by atoms with Gasteiger partial charge in [-0.2, -0.15) is 0 Å². The fourth-order valence-corrected chi connectivity index (χ4v) is 2.10. The van der Waals surface area contributed by atoms with Crippen LogP contribution in [0.4, 0.5) is 0 Å². The van der Waals surface area contributed by atoms with Gasteiger partial charge in [0.05, 0.1) is 7.11 Å². The summed E-state index contributed by atoms with van der Waals surface area (Å²) in [5.41, 5.74) is 1.23. The molecule has 100 valence electrons. The normalized spacial score (nSPS) is 10.3. The summed E-state index contributed by atoms with van der Waals surface area (Å²) in [7, 11) is 5.51. The van der Waals surface area contributed by atoms with Gasteiger partial charge >= 0.3 is 0 Å². The maximum atomic E-state index is 5.23. The molecule has 0 spiro atoms.